The summed E-state index contributed by atoms with van der Waals surface area (Å²) in [7, 11) is 0. The van der Waals surface area contributed by atoms with Crippen LogP contribution in [0.1, 0.15) is 36.8 Å². The number of nitrogens with zero attached hydrogens (tertiary/aromatic N) is 4. The molecule has 0 bridgehead atoms. The van der Waals surface area contributed by atoms with Gasteiger partial charge in [-0.25, -0.2) is 15.0 Å². The number of pyridine rings is 1. The van der Waals surface area contributed by atoms with E-state index in [-0.39, 0.29) is 30.3 Å². The van der Waals surface area contributed by atoms with E-state index in [4.69, 9.17) is 10.7 Å². The summed E-state index contributed by atoms with van der Waals surface area (Å²) in [6.07, 6.45) is 7.74. The second-order valence-corrected chi connectivity index (χ2v) is 10.6. The van der Waals surface area contributed by atoms with Gasteiger partial charge < -0.3 is 10.6 Å². The third kappa shape index (κ3) is 4.50. The van der Waals surface area contributed by atoms with Gasteiger partial charge in [0.25, 0.3) is 0 Å². The summed E-state index contributed by atoms with van der Waals surface area (Å²) in [4.78, 5) is 28.9. The van der Waals surface area contributed by atoms with Crippen LogP contribution in [0.5, 0.6) is 0 Å². The van der Waals surface area contributed by atoms with Crippen LogP contribution in [-0.2, 0) is 17.6 Å². The van der Waals surface area contributed by atoms with E-state index in [2.05, 4.69) is 62.6 Å². The summed E-state index contributed by atoms with van der Waals surface area (Å²) in [6, 6.07) is 17.1. The number of benzene rings is 2. The van der Waals surface area contributed by atoms with Crippen LogP contribution in [0.25, 0.3) is 33.4 Å². The van der Waals surface area contributed by atoms with Gasteiger partial charge >= 0.3 is 0 Å². The average Bonchev–Trinajstić information content (AvgIpc) is 3.71. The lowest BCUT2D eigenvalue weighted by atomic mass is 9.96. The maximum absolute atomic E-state index is 12.3. The van der Waals surface area contributed by atoms with Crippen molar-refractivity contribution in [2.24, 2.45) is 11.7 Å². The Labute approximate surface area is 228 Å². The molecule has 194 valence electrons. The minimum absolute atomic E-state index is 0. The molecular formula is C30H31ClN6O. The quantitative estimate of drug-likeness (QED) is 0.381. The van der Waals surface area contributed by atoms with Crippen LogP contribution in [0.4, 0.5) is 11.6 Å². The molecule has 2 aliphatic carbocycles. The molecule has 38 heavy (non-hydrogen) atoms. The molecule has 3 heterocycles. The van der Waals surface area contributed by atoms with Gasteiger partial charge in [0.2, 0.25) is 11.9 Å². The first-order chi connectivity index (χ1) is 18.1. The van der Waals surface area contributed by atoms with Crippen molar-refractivity contribution in [3.63, 3.8) is 0 Å². The molecule has 1 unspecified atom stereocenters. The molecule has 2 aromatic heterocycles. The highest BCUT2D eigenvalue weighted by atomic mass is 35.5. The summed E-state index contributed by atoms with van der Waals surface area (Å²) in [5.74, 6) is 0.473. The lowest BCUT2D eigenvalue weighted by Crippen LogP contribution is -2.27. The highest BCUT2D eigenvalue weighted by molar-refractivity contribution is 5.99. The van der Waals surface area contributed by atoms with Crippen molar-refractivity contribution in [2.45, 2.75) is 44.6 Å². The van der Waals surface area contributed by atoms with Crippen molar-refractivity contribution in [1.82, 2.24) is 15.0 Å². The highest BCUT2D eigenvalue weighted by Crippen LogP contribution is 2.42. The molecule has 0 radical (unpaired) electrons. The van der Waals surface area contributed by atoms with Crippen molar-refractivity contribution in [1.29, 1.82) is 0 Å². The Kier molecular flexibility index (Phi) is 6.50. The molecule has 7 rings (SSSR count). The Morgan fingerprint density at radius 1 is 1.03 bits per heavy atom. The van der Waals surface area contributed by atoms with E-state index in [0.29, 0.717) is 5.95 Å². The third-order valence-electron chi connectivity index (χ3n) is 7.88. The smallest absolute Gasteiger partial charge is 0.229 e. The molecule has 4 aromatic rings. The van der Waals surface area contributed by atoms with E-state index in [0.717, 1.165) is 79.5 Å². The van der Waals surface area contributed by atoms with Crippen molar-refractivity contribution >= 4 is 40.9 Å². The van der Waals surface area contributed by atoms with E-state index in [1.165, 1.54) is 22.4 Å². The topological polar surface area (TPSA) is 97.0 Å². The predicted octanol–water partition coefficient (Wildman–Crippen LogP) is 5.16. The first-order valence-corrected chi connectivity index (χ1v) is 13.3. The number of nitrogens with one attached hydrogen (secondary N) is 1. The molecule has 1 amide bonds. The van der Waals surface area contributed by atoms with Crippen LogP contribution in [0.2, 0.25) is 0 Å². The summed E-state index contributed by atoms with van der Waals surface area (Å²) in [5, 5.41) is 4.01. The predicted molar refractivity (Wildman–Crippen MR) is 154 cm³/mol. The Morgan fingerprint density at radius 3 is 2.71 bits per heavy atom. The van der Waals surface area contributed by atoms with Crippen LogP contribution < -0.4 is 16.0 Å². The fraction of sp³-hybridized carbons (Fsp3) is 0.333. The van der Waals surface area contributed by atoms with Gasteiger partial charge in [0, 0.05) is 53.3 Å². The summed E-state index contributed by atoms with van der Waals surface area (Å²) in [5.41, 5.74) is 15.4. The highest BCUT2D eigenvalue weighted by Gasteiger charge is 2.30. The Bertz CT molecular complexity index is 1530. The van der Waals surface area contributed by atoms with Gasteiger partial charge in [0.05, 0.1) is 22.6 Å². The number of anilines is 2. The lowest BCUT2D eigenvalue weighted by molar-refractivity contribution is -0.117. The number of amides is 1. The largest absolute Gasteiger partial charge is 0.369 e. The van der Waals surface area contributed by atoms with Gasteiger partial charge in [-0.05, 0) is 62.3 Å². The molecule has 2 aromatic carbocycles. The molecule has 1 saturated carbocycles. The van der Waals surface area contributed by atoms with Gasteiger partial charge in [-0.1, -0.05) is 30.3 Å². The van der Waals surface area contributed by atoms with E-state index in [9.17, 15) is 4.79 Å². The van der Waals surface area contributed by atoms with Gasteiger partial charge in [-0.2, -0.15) is 0 Å². The SMILES string of the molecule is Cl.NC1CCN(c2c3c(nc4ccc(-c5ccnc(NC(=O)C6CC6)n5)cc24)-c2ccccc2CCC3)C1. The van der Waals surface area contributed by atoms with Crippen LogP contribution in [0, 0.1) is 5.92 Å². The Balaban J connectivity index is 0.00000264. The van der Waals surface area contributed by atoms with Gasteiger partial charge in [0.1, 0.15) is 0 Å². The van der Waals surface area contributed by atoms with E-state index >= 15 is 0 Å². The Hall–Kier alpha value is -3.55. The molecule has 1 atom stereocenters. The van der Waals surface area contributed by atoms with Gasteiger partial charge in [0.15, 0.2) is 0 Å². The first kappa shape index (κ1) is 24.8. The van der Waals surface area contributed by atoms with E-state index in [1.54, 1.807) is 6.20 Å². The van der Waals surface area contributed by atoms with E-state index < -0.39 is 0 Å². The Morgan fingerprint density at radius 2 is 1.89 bits per heavy atom. The molecule has 8 heteroatoms. The number of halogens is 1. The molecule has 3 aliphatic rings. The summed E-state index contributed by atoms with van der Waals surface area (Å²) < 4.78 is 0. The van der Waals surface area contributed by atoms with E-state index in [1.807, 2.05) is 6.07 Å². The number of hydrogen-bond donors (Lipinski definition) is 2. The number of rotatable bonds is 4. The lowest BCUT2D eigenvalue weighted by Gasteiger charge is -2.26. The number of hydrogen-bond acceptors (Lipinski definition) is 6. The second-order valence-electron chi connectivity index (χ2n) is 10.6. The van der Waals surface area contributed by atoms with Gasteiger partial charge in [-0.15, -0.1) is 12.4 Å². The fourth-order valence-electron chi connectivity index (χ4n) is 5.82. The fourth-order valence-corrected chi connectivity index (χ4v) is 5.82. The number of aromatic nitrogens is 3. The van der Waals surface area contributed by atoms with Crippen LogP contribution in [0.3, 0.4) is 0 Å². The number of carbonyl (C=O) groups is 1. The molecule has 3 N–H and O–H groups in total. The maximum atomic E-state index is 12.3. The second kappa shape index (κ2) is 9.97. The van der Waals surface area contributed by atoms with Crippen molar-refractivity contribution < 1.29 is 4.79 Å². The first-order valence-electron chi connectivity index (χ1n) is 13.3. The normalized spacial score (nSPS) is 18.3. The van der Waals surface area contributed by atoms with Crippen molar-refractivity contribution in [2.75, 3.05) is 23.3 Å². The van der Waals surface area contributed by atoms with Crippen molar-refractivity contribution in [3.05, 3.63) is 65.9 Å². The zero-order valence-corrected chi connectivity index (χ0v) is 22.0. The number of carbonyl (C=O) groups excluding carboxylic acids is 1. The van der Waals surface area contributed by atoms with Crippen LogP contribution in [-0.4, -0.2) is 40.0 Å². The zero-order valence-electron chi connectivity index (χ0n) is 21.2. The van der Waals surface area contributed by atoms with Crippen LogP contribution >= 0.6 is 12.4 Å². The molecular weight excluding hydrogens is 496 g/mol. The van der Waals surface area contributed by atoms with Gasteiger partial charge in [-0.3, -0.25) is 10.1 Å². The summed E-state index contributed by atoms with van der Waals surface area (Å²) >= 11 is 0. The third-order valence-corrected chi connectivity index (χ3v) is 7.88. The number of aryl methyl sites for hydroxylation is 1. The molecule has 2 fully saturated rings. The molecule has 1 saturated heterocycles. The number of nitrogens with two attached hydrogens (primary N) is 1. The van der Waals surface area contributed by atoms with Crippen LogP contribution in [0.15, 0.2) is 54.7 Å². The molecule has 7 nitrogen and oxygen atoms in total. The zero-order chi connectivity index (χ0) is 24.9. The number of fused-ring (bicyclic) bond motifs is 4. The average molecular weight is 527 g/mol. The monoisotopic (exact) mass is 526 g/mol. The summed E-state index contributed by atoms with van der Waals surface area (Å²) in [6.45, 7) is 1.80. The van der Waals surface area contributed by atoms with Crippen molar-refractivity contribution in [3.8, 4) is 22.5 Å². The minimum Gasteiger partial charge on any atom is -0.369 e. The minimum atomic E-state index is 0. The maximum Gasteiger partial charge on any atom is 0.229 e. The molecule has 1 aliphatic heterocycles. The standard InChI is InChI=1S/C30H30N6O.ClH/c31-21-13-15-36(17-21)28-23-7-3-5-18-4-1-2-6-22(18)27(23)33-26-11-10-20(16-24(26)28)25-12-14-32-30(34-25)35-29(37)19-8-9-19;/h1-2,4,6,10-12,14,16,19,21H,3,5,7-9,13,15,17,31H2,(H,32,34,35,37);1H. The molecule has 0 spiro atoms.